The molecule has 0 atom stereocenters. The third kappa shape index (κ3) is 4.08. The van der Waals surface area contributed by atoms with Crippen LogP contribution in [0.3, 0.4) is 0 Å². The van der Waals surface area contributed by atoms with Crippen LogP contribution >= 0.6 is 34.4 Å². The van der Waals surface area contributed by atoms with Gasteiger partial charge in [-0.05, 0) is 78.9 Å². The average molecular weight is 352 g/mol. The van der Waals surface area contributed by atoms with Crippen LogP contribution in [-0.2, 0) is 0 Å². The molecule has 0 unspecified atom stereocenters. The van der Waals surface area contributed by atoms with E-state index in [2.05, 4.69) is 76.5 Å². The van der Waals surface area contributed by atoms with Crippen molar-refractivity contribution in [2.45, 2.75) is 78.9 Å². The van der Waals surface area contributed by atoms with E-state index in [4.69, 9.17) is 34.4 Å². The largest absolute Gasteiger partial charge is 0.401 e. The first kappa shape index (κ1) is 20.0. The third-order valence-corrected chi connectivity index (χ3v) is 4.96. The van der Waals surface area contributed by atoms with Gasteiger partial charge in [-0.2, -0.15) is 34.4 Å². The molecule has 1 heterocycles. The van der Waals surface area contributed by atoms with E-state index in [0.717, 1.165) is 0 Å². The Hall–Kier alpha value is 0.945. The van der Waals surface area contributed by atoms with Gasteiger partial charge in [0.05, 0.1) is 0 Å². The maximum atomic E-state index is 6.78. The molecule has 0 amide bonds. The van der Waals surface area contributed by atoms with Crippen molar-refractivity contribution in [3.05, 3.63) is 0 Å². The number of hydrogen-bond acceptors (Lipinski definition) is 3. The second-order valence-corrected chi connectivity index (χ2v) is 9.84. The summed E-state index contributed by atoms with van der Waals surface area (Å²) in [7, 11) is 0. The maximum Gasteiger partial charge on any atom is 0.401 e. The van der Waals surface area contributed by atoms with Gasteiger partial charge in [-0.15, -0.1) is 0 Å². The van der Waals surface area contributed by atoms with Crippen LogP contribution in [-0.4, -0.2) is 50.0 Å². The molecule has 1 aliphatic heterocycles. The van der Waals surface area contributed by atoms with Crippen LogP contribution in [0.25, 0.3) is 0 Å². The fourth-order valence-corrected chi connectivity index (χ4v) is 5.19. The summed E-state index contributed by atoms with van der Waals surface area (Å²) in [6.07, 6.45) is -1.10. The second kappa shape index (κ2) is 6.10. The Morgan fingerprint density at radius 2 is 0.619 bits per heavy atom. The molecule has 120 valence electrons. The average Bonchev–Trinajstić information content (AvgIpc) is 2.07. The lowest BCUT2D eigenvalue weighted by Crippen LogP contribution is -2.81. The van der Waals surface area contributed by atoms with Crippen molar-refractivity contribution in [1.29, 1.82) is 0 Å². The van der Waals surface area contributed by atoms with Gasteiger partial charge in [0.2, 0.25) is 0 Å². The summed E-state index contributed by atoms with van der Waals surface area (Å²) < 4.78 is 6.31. The van der Waals surface area contributed by atoms with Gasteiger partial charge in [-0.3, -0.25) is 0 Å². The highest BCUT2D eigenvalue weighted by molar-refractivity contribution is 7.25. The predicted molar refractivity (Wildman–Crippen MR) is 99.6 cm³/mol. The molecule has 0 bridgehead atoms. The summed E-state index contributed by atoms with van der Waals surface area (Å²) in [6, 6.07) is 0. The molecule has 0 spiro atoms. The van der Waals surface area contributed by atoms with Crippen LogP contribution < -0.4 is 0 Å². The Morgan fingerprint density at radius 3 is 0.714 bits per heavy atom. The van der Waals surface area contributed by atoms with E-state index in [1.54, 1.807) is 0 Å². The van der Waals surface area contributed by atoms with E-state index >= 15 is 0 Å². The highest BCUT2D eigenvalue weighted by atomic mass is 35.5. The normalized spacial score (nSPS) is 21.4. The lowest BCUT2D eigenvalue weighted by Gasteiger charge is -2.59. The summed E-state index contributed by atoms with van der Waals surface area (Å²) in [5.74, 6) is 0. The molecule has 1 aliphatic rings. The van der Waals surface area contributed by atoms with Crippen molar-refractivity contribution in [1.82, 2.24) is 14.2 Å². The number of hydrogen-bond donors (Lipinski definition) is 0. The Balaban J connectivity index is 3.38. The SMILES string of the molecule is CC(C)(C)N1B(Cl)N(C(C)(C)C)B(Cl)N(C(C)(C)C)B1Cl. The van der Waals surface area contributed by atoms with Gasteiger partial charge in [0.25, 0.3) is 0 Å². The van der Waals surface area contributed by atoms with Crippen molar-refractivity contribution in [3.8, 4) is 0 Å². The quantitative estimate of drug-likeness (QED) is 0.611. The molecule has 0 saturated carbocycles. The first-order chi connectivity index (χ1) is 9.10. The zero-order chi connectivity index (χ0) is 17.0. The Morgan fingerprint density at radius 1 is 0.476 bits per heavy atom. The Bertz CT molecular complexity index is 310. The van der Waals surface area contributed by atoms with Crippen LogP contribution in [0.5, 0.6) is 0 Å². The van der Waals surface area contributed by atoms with Gasteiger partial charge in [-0.25, -0.2) is 0 Å². The molecule has 0 N–H and O–H groups in total. The zero-order valence-corrected chi connectivity index (χ0v) is 17.0. The molecule has 0 aromatic carbocycles. The molecule has 0 radical (unpaired) electrons. The smallest absolute Gasteiger partial charge is 0.324 e. The monoisotopic (exact) mass is 351 g/mol. The number of halogens is 3. The lowest BCUT2D eigenvalue weighted by molar-refractivity contribution is 0.239. The minimum atomic E-state index is -0.367. The van der Waals surface area contributed by atoms with Crippen LogP contribution in [0.4, 0.5) is 0 Å². The minimum Gasteiger partial charge on any atom is -0.324 e. The lowest BCUT2D eigenvalue weighted by atomic mass is 9.63. The summed E-state index contributed by atoms with van der Waals surface area (Å²) in [4.78, 5) is 0. The van der Waals surface area contributed by atoms with Crippen molar-refractivity contribution in [2.24, 2.45) is 0 Å². The summed E-state index contributed by atoms with van der Waals surface area (Å²) in [5.41, 5.74) is -0.533. The van der Waals surface area contributed by atoms with Crippen molar-refractivity contribution < 1.29 is 0 Å². The van der Waals surface area contributed by atoms with Gasteiger partial charge in [0.15, 0.2) is 0 Å². The van der Waals surface area contributed by atoms with Crippen molar-refractivity contribution in [2.75, 3.05) is 0 Å². The molecule has 1 rings (SSSR count). The second-order valence-electron chi connectivity index (χ2n) is 8.67. The van der Waals surface area contributed by atoms with Crippen molar-refractivity contribution in [3.63, 3.8) is 0 Å². The molecular formula is C12H27B3Cl3N3. The highest BCUT2D eigenvalue weighted by Gasteiger charge is 2.59. The molecule has 0 aromatic rings. The molecule has 3 nitrogen and oxygen atoms in total. The molecule has 9 heteroatoms. The van der Waals surface area contributed by atoms with Crippen LogP contribution in [0, 0.1) is 0 Å². The Kier molecular flexibility index (Phi) is 5.81. The topological polar surface area (TPSA) is 9.72 Å². The van der Waals surface area contributed by atoms with Gasteiger partial charge in [-0.1, -0.05) is 0 Å². The van der Waals surface area contributed by atoms with Crippen molar-refractivity contribution >= 4 is 53.6 Å². The van der Waals surface area contributed by atoms with Crippen LogP contribution in [0.1, 0.15) is 62.3 Å². The van der Waals surface area contributed by atoms with E-state index in [1.165, 1.54) is 0 Å². The molecular weight excluding hydrogens is 325 g/mol. The third-order valence-electron chi connectivity index (χ3n) is 3.70. The predicted octanol–water partition coefficient (Wildman–Crippen LogP) is 3.97. The molecule has 21 heavy (non-hydrogen) atoms. The maximum absolute atomic E-state index is 6.78. The van der Waals surface area contributed by atoms with E-state index in [9.17, 15) is 0 Å². The minimum absolute atomic E-state index is 0.178. The fraction of sp³-hybridized carbons (Fsp3) is 1.00. The van der Waals surface area contributed by atoms with Crippen LogP contribution in [0.15, 0.2) is 0 Å². The van der Waals surface area contributed by atoms with Gasteiger partial charge < -0.3 is 14.2 Å². The molecule has 0 aliphatic carbocycles. The molecule has 1 saturated heterocycles. The number of rotatable bonds is 0. The highest BCUT2D eigenvalue weighted by Crippen LogP contribution is 2.38. The summed E-state index contributed by atoms with van der Waals surface area (Å²) >= 11 is 20.3. The first-order valence-corrected chi connectivity index (χ1v) is 8.68. The molecule has 1 fully saturated rings. The van der Waals surface area contributed by atoms with E-state index < -0.39 is 0 Å². The summed E-state index contributed by atoms with van der Waals surface area (Å²) in [6.45, 7) is 19.1. The van der Waals surface area contributed by atoms with E-state index in [1.807, 2.05) is 0 Å². The van der Waals surface area contributed by atoms with Gasteiger partial charge in [0, 0.05) is 0 Å². The summed E-state index contributed by atoms with van der Waals surface area (Å²) in [5, 5.41) is 0. The van der Waals surface area contributed by atoms with Gasteiger partial charge in [0.1, 0.15) is 0 Å². The van der Waals surface area contributed by atoms with Gasteiger partial charge >= 0.3 is 19.2 Å². The van der Waals surface area contributed by atoms with Crippen LogP contribution in [0.2, 0.25) is 0 Å². The van der Waals surface area contributed by atoms with E-state index in [-0.39, 0.29) is 35.8 Å². The Labute approximate surface area is 146 Å². The fourth-order valence-electron chi connectivity index (χ4n) is 2.62. The molecule has 0 aromatic heterocycles. The first-order valence-electron chi connectivity index (χ1n) is 7.37. The number of nitrogens with zero attached hydrogens (tertiary/aromatic N) is 3. The zero-order valence-electron chi connectivity index (χ0n) is 14.7. The standard InChI is InChI=1S/C12H27B3Cl3N3/c1-10(2,3)19-13(16)20(11(4,5)6)15(18)21(14(19)17)12(7,8)9/h1-9H3. The van der Waals surface area contributed by atoms with E-state index in [0.29, 0.717) is 0 Å².